The molecule has 8 nitrogen and oxygen atoms in total. The number of phenols is 1. The van der Waals surface area contributed by atoms with Gasteiger partial charge in [-0.15, -0.1) is 0 Å². The largest absolute Gasteiger partial charge is 0.508 e. The van der Waals surface area contributed by atoms with Crippen LogP contribution in [0, 0.1) is 0 Å². The zero-order valence-electron chi connectivity index (χ0n) is 17.4. The number of aromatic hydroxyl groups is 1. The number of nitrogens with one attached hydrogen (secondary N) is 1. The van der Waals surface area contributed by atoms with Crippen LogP contribution in [-0.4, -0.2) is 57.0 Å². The zero-order chi connectivity index (χ0) is 21.6. The van der Waals surface area contributed by atoms with Crippen molar-refractivity contribution in [2.24, 2.45) is 7.05 Å². The van der Waals surface area contributed by atoms with E-state index in [-0.39, 0.29) is 11.7 Å². The van der Waals surface area contributed by atoms with Gasteiger partial charge in [0.05, 0.1) is 19.4 Å². The summed E-state index contributed by atoms with van der Waals surface area (Å²) in [4.78, 5) is 18.9. The molecule has 0 spiro atoms. The van der Waals surface area contributed by atoms with Gasteiger partial charge in [0, 0.05) is 73.7 Å². The number of rotatable bonds is 6. The molecule has 8 heteroatoms. The third kappa shape index (κ3) is 5.36. The van der Waals surface area contributed by atoms with E-state index in [2.05, 4.69) is 20.3 Å². The summed E-state index contributed by atoms with van der Waals surface area (Å²) in [7, 11) is 1.86. The summed E-state index contributed by atoms with van der Waals surface area (Å²) in [6.45, 7) is 3.64. The van der Waals surface area contributed by atoms with Crippen molar-refractivity contribution in [2.45, 2.75) is 6.54 Å². The highest BCUT2D eigenvalue weighted by Crippen LogP contribution is 2.25. The number of aryl methyl sites for hydroxylation is 1. The number of aromatic nitrogens is 3. The zero-order valence-corrected chi connectivity index (χ0v) is 17.4. The SMILES string of the molecule is Cn1cc(-c2ccncc2/C=C/C(=O)Nc2ccc(O)c(CN3CCOCC3)c2)cn1. The van der Waals surface area contributed by atoms with Gasteiger partial charge in [-0.25, -0.2) is 0 Å². The van der Waals surface area contributed by atoms with E-state index in [0.717, 1.165) is 35.3 Å². The van der Waals surface area contributed by atoms with Gasteiger partial charge in [-0.05, 0) is 35.9 Å². The number of pyridine rings is 1. The molecule has 4 rings (SSSR count). The molecule has 0 atom stereocenters. The van der Waals surface area contributed by atoms with E-state index in [0.29, 0.717) is 25.4 Å². The number of hydrogen-bond acceptors (Lipinski definition) is 6. The summed E-state index contributed by atoms with van der Waals surface area (Å²) < 4.78 is 7.10. The minimum absolute atomic E-state index is 0.219. The molecule has 0 radical (unpaired) electrons. The number of benzene rings is 1. The Morgan fingerprint density at radius 3 is 2.87 bits per heavy atom. The van der Waals surface area contributed by atoms with Gasteiger partial charge in [0.2, 0.25) is 5.91 Å². The normalized spacial score (nSPS) is 14.7. The number of phenolic OH excluding ortho intramolecular Hbond substituents is 1. The second-order valence-electron chi connectivity index (χ2n) is 7.42. The number of amides is 1. The smallest absolute Gasteiger partial charge is 0.248 e. The Morgan fingerprint density at radius 1 is 1.26 bits per heavy atom. The molecule has 1 aromatic carbocycles. The van der Waals surface area contributed by atoms with Gasteiger partial charge in [0.1, 0.15) is 5.75 Å². The highest BCUT2D eigenvalue weighted by Gasteiger charge is 2.13. The van der Waals surface area contributed by atoms with Crippen LogP contribution < -0.4 is 5.32 Å². The molecule has 3 aromatic rings. The standard InChI is InChI=1S/C23H25N5O3/c1-27-15-19(14-25-27)21-6-7-24-13-17(21)2-5-23(30)26-20-3-4-22(29)18(12-20)16-28-8-10-31-11-9-28/h2-7,12-15,29H,8-11,16H2,1H3,(H,26,30)/b5-2+. The van der Waals surface area contributed by atoms with Crippen molar-refractivity contribution in [2.75, 3.05) is 31.6 Å². The van der Waals surface area contributed by atoms with Crippen molar-refractivity contribution in [3.63, 3.8) is 0 Å². The summed E-state index contributed by atoms with van der Waals surface area (Å²) in [5.74, 6) is -0.0412. The van der Waals surface area contributed by atoms with Crippen molar-refractivity contribution in [3.8, 4) is 16.9 Å². The molecular weight excluding hydrogens is 394 g/mol. The Hall–Kier alpha value is -3.49. The highest BCUT2D eigenvalue weighted by molar-refractivity contribution is 6.02. The van der Waals surface area contributed by atoms with Crippen LogP contribution in [-0.2, 0) is 23.1 Å². The number of carbonyl (C=O) groups is 1. The number of anilines is 1. The lowest BCUT2D eigenvalue weighted by Gasteiger charge is -2.27. The first kappa shape index (κ1) is 20.8. The van der Waals surface area contributed by atoms with Crippen LogP contribution in [0.3, 0.4) is 0 Å². The molecule has 0 bridgehead atoms. The molecule has 1 aliphatic rings. The predicted molar refractivity (Wildman–Crippen MR) is 118 cm³/mol. The summed E-state index contributed by atoms with van der Waals surface area (Å²) in [5, 5.41) is 17.3. The van der Waals surface area contributed by atoms with Crippen LogP contribution in [0.4, 0.5) is 5.69 Å². The first-order chi connectivity index (χ1) is 15.1. The second-order valence-corrected chi connectivity index (χ2v) is 7.42. The van der Waals surface area contributed by atoms with Crippen LogP contribution in [0.2, 0.25) is 0 Å². The van der Waals surface area contributed by atoms with Crippen LogP contribution in [0.1, 0.15) is 11.1 Å². The third-order valence-corrected chi connectivity index (χ3v) is 5.13. The van der Waals surface area contributed by atoms with Gasteiger partial charge in [-0.1, -0.05) is 0 Å². The van der Waals surface area contributed by atoms with E-state index in [1.165, 1.54) is 6.08 Å². The van der Waals surface area contributed by atoms with Gasteiger partial charge in [0.25, 0.3) is 0 Å². The van der Waals surface area contributed by atoms with Crippen molar-refractivity contribution in [3.05, 3.63) is 66.3 Å². The lowest BCUT2D eigenvalue weighted by atomic mass is 10.0. The fourth-order valence-corrected chi connectivity index (χ4v) is 3.50. The highest BCUT2D eigenvalue weighted by atomic mass is 16.5. The number of hydrogen-bond donors (Lipinski definition) is 2. The van der Waals surface area contributed by atoms with Gasteiger partial charge in [-0.2, -0.15) is 5.10 Å². The quantitative estimate of drug-likeness (QED) is 0.471. The molecule has 3 heterocycles. The molecule has 160 valence electrons. The number of carbonyl (C=O) groups excluding carboxylic acids is 1. The number of morpholine rings is 1. The van der Waals surface area contributed by atoms with E-state index in [9.17, 15) is 9.90 Å². The molecule has 1 aliphatic heterocycles. The summed E-state index contributed by atoms with van der Waals surface area (Å²) >= 11 is 0. The van der Waals surface area contributed by atoms with Gasteiger partial charge in [-0.3, -0.25) is 19.4 Å². The van der Waals surface area contributed by atoms with Gasteiger partial charge >= 0.3 is 0 Å². The van der Waals surface area contributed by atoms with E-state index >= 15 is 0 Å². The predicted octanol–water partition coefficient (Wildman–Crippen LogP) is 2.67. The Labute approximate surface area is 180 Å². The van der Waals surface area contributed by atoms with E-state index in [4.69, 9.17) is 4.74 Å². The first-order valence-corrected chi connectivity index (χ1v) is 10.1. The summed E-state index contributed by atoms with van der Waals surface area (Å²) in [6, 6.07) is 7.00. The number of ether oxygens (including phenoxy) is 1. The van der Waals surface area contributed by atoms with Crippen LogP contribution in [0.15, 0.2) is 55.1 Å². The summed E-state index contributed by atoms with van der Waals surface area (Å²) in [5.41, 5.74) is 4.13. The lowest BCUT2D eigenvalue weighted by molar-refractivity contribution is -0.111. The van der Waals surface area contributed by atoms with E-state index in [1.54, 1.807) is 41.5 Å². The molecule has 2 N–H and O–H groups in total. The van der Waals surface area contributed by atoms with E-state index < -0.39 is 0 Å². The Balaban J connectivity index is 1.44. The molecule has 1 saturated heterocycles. The average molecular weight is 419 g/mol. The van der Waals surface area contributed by atoms with Gasteiger partial charge in [0.15, 0.2) is 0 Å². The fourth-order valence-electron chi connectivity index (χ4n) is 3.50. The first-order valence-electron chi connectivity index (χ1n) is 10.1. The average Bonchev–Trinajstić information content (AvgIpc) is 3.22. The van der Waals surface area contributed by atoms with E-state index in [1.807, 2.05) is 25.4 Å². The Bertz CT molecular complexity index is 1090. The Kier molecular flexibility index (Phi) is 6.40. The van der Waals surface area contributed by atoms with Crippen molar-refractivity contribution >= 4 is 17.7 Å². The van der Waals surface area contributed by atoms with Gasteiger partial charge < -0.3 is 15.2 Å². The molecule has 0 aliphatic carbocycles. The molecule has 0 unspecified atom stereocenters. The van der Waals surface area contributed by atoms with Crippen LogP contribution in [0.5, 0.6) is 5.75 Å². The molecule has 1 fully saturated rings. The topological polar surface area (TPSA) is 92.5 Å². The molecular formula is C23H25N5O3. The van der Waals surface area contributed by atoms with Crippen molar-refractivity contribution in [1.29, 1.82) is 0 Å². The maximum atomic E-state index is 12.5. The minimum atomic E-state index is -0.260. The maximum absolute atomic E-state index is 12.5. The monoisotopic (exact) mass is 419 g/mol. The molecule has 1 amide bonds. The molecule has 2 aromatic heterocycles. The van der Waals surface area contributed by atoms with Crippen molar-refractivity contribution in [1.82, 2.24) is 19.7 Å². The second kappa shape index (κ2) is 9.55. The Morgan fingerprint density at radius 2 is 2.10 bits per heavy atom. The van der Waals surface area contributed by atoms with Crippen molar-refractivity contribution < 1.29 is 14.6 Å². The van der Waals surface area contributed by atoms with Crippen LogP contribution in [0.25, 0.3) is 17.2 Å². The lowest BCUT2D eigenvalue weighted by Crippen LogP contribution is -2.35. The fraction of sp³-hybridized carbons (Fsp3) is 0.261. The minimum Gasteiger partial charge on any atom is -0.508 e. The van der Waals surface area contributed by atoms with Crippen LogP contribution >= 0.6 is 0 Å². The number of nitrogens with zero attached hydrogens (tertiary/aromatic N) is 4. The summed E-state index contributed by atoms with van der Waals surface area (Å²) in [6.07, 6.45) is 10.3. The maximum Gasteiger partial charge on any atom is 0.248 e. The third-order valence-electron chi connectivity index (χ3n) is 5.13. The molecule has 31 heavy (non-hydrogen) atoms. The molecule has 0 saturated carbocycles.